The molecule has 0 aliphatic rings. The van der Waals surface area contributed by atoms with Gasteiger partial charge in [0.15, 0.2) is 0 Å². The van der Waals surface area contributed by atoms with E-state index in [2.05, 4.69) is 0 Å². The summed E-state index contributed by atoms with van der Waals surface area (Å²) in [5, 5.41) is 18.5. The van der Waals surface area contributed by atoms with Crippen molar-refractivity contribution in [2.24, 2.45) is 5.73 Å². The van der Waals surface area contributed by atoms with E-state index in [0.717, 1.165) is 0 Å². The summed E-state index contributed by atoms with van der Waals surface area (Å²) in [6.07, 6.45) is 0. The molecule has 0 saturated heterocycles. The van der Waals surface area contributed by atoms with Crippen LogP contribution in [0.1, 0.15) is 32.4 Å². The fraction of sp³-hybridized carbons (Fsp3) is 0.500. The third-order valence-corrected chi connectivity index (χ3v) is 2.02. The SMILES string of the molecule is CC(C)(C)Oc1ccc(O)c([C@H](N)CO)c1. The molecule has 4 heteroatoms. The first kappa shape index (κ1) is 12.8. The van der Waals surface area contributed by atoms with E-state index in [1.807, 2.05) is 20.8 Å². The number of hydrogen-bond acceptors (Lipinski definition) is 4. The average Bonchev–Trinajstić information content (AvgIpc) is 2.18. The lowest BCUT2D eigenvalue weighted by Crippen LogP contribution is -2.23. The van der Waals surface area contributed by atoms with Gasteiger partial charge in [-0.1, -0.05) is 0 Å². The summed E-state index contributed by atoms with van der Waals surface area (Å²) >= 11 is 0. The molecule has 1 rings (SSSR count). The lowest BCUT2D eigenvalue weighted by atomic mass is 10.1. The maximum Gasteiger partial charge on any atom is 0.120 e. The van der Waals surface area contributed by atoms with Gasteiger partial charge < -0.3 is 20.7 Å². The van der Waals surface area contributed by atoms with Gasteiger partial charge in [0.25, 0.3) is 0 Å². The summed E-state index contributed by atoms with van der Waals surface area (Å²) in [6, 6.07) is 4.25. The zero-order valence-corrected chi connectivity index (χ0v) is 9.90. The quantitative estimate of drug-likeness (QED) is 0.729. The summed E-state index contributed by atoms with van der Waals surface area (Å²) in [5.74, 6) is 0.701. The Morgan fingerprint density at radius 1 is 1.38 bits per heavy atom. The first-order valence-electron chi connectivity index (χ1n) is 5.22. The van der Waals surface area contributed by atoms with Crippen molar-refractivity contribution < 1.29 is 14.9 Å². The molecule has 16 heavy (non-hydrogen) atoms. The molecule has 0 spiro atoms. The first-order valence-corrected chi connectivity index (χ1v) is 5.22. The standard InChI is InChI=1S/C12H19NO3/c1-12(2,3)16-8-4-5-11(15)9(6-8)10(13)7-14/h4-6,10,14-15H,7,13H2,1-3H3/t10-/m1/s1. The van der Waals surface area contributed by atoms with Crippen molar-refractivity contribution in [1.29, 1.82) is 0 Å². The fourth-order valence-corrected chi connectivity index (χ4v) is 1.34. The van der Waals surface area contributed by atoms with Gasteiger partial charge in [-0.15, -0.1) is 0 Å². The number of phenols is 1. The Balaban J connectivity index is 2.98. The maximum absolute atomic E-state index is 9.59. The lowest BCUT2D eigenvalue weighted by Gasteiger charge is -2.22. The van der Waals surface area contributed by atoms with Crippen LogP contribution < -0.4 is 10.5 Å². The van der Waals surface area contributed by atoms with E-state index in [9.17, 15) is 5.11 Å². The van der Waals surface area contributed by atoms with Crippen LogP contribution in [-0.4, -0.2) is 22.4 Å². The highest BCUT2D eigenvalue weighted by Crippen LogP contribution is 2.28. The van der Waals surface area contributed by atoms with E-state index in [4.69, 9.17) is 15.6 Å². The summed E-state index contributed by atoms with van der Waals surface area (Å²) in [4.78, 5) is 0. The number of aromatic hydroxyl groups is 1. The lowest BCUT2D eigenvalue weighted by molar-refractivity contribution is 0.130. The highest BCUT2D eigenvalue weighted by molar-refractivity contribution is 5.41. The van der Waals surface area contributed by atoms with Crippen LogP contribution in [0.4, 0.5) is 0 Å². The third kappa shape index (κ3) is 3.40. The molecule has 0 unspecified atom stereocenters. The molecular formula is C12H19NO3. The molecule has 0 fully saturated rings. The van der Waals surface area contributed by atoms with Crippen molar-refractivity contribution in [3.8, 4) is 11.5 Å². The fourth-order valence-electron chi connectivity index (χ4n) is 1.34. The van der Waals surface area contributed by atoms with E-state index >= 15 is 0 Å². The van der Waals surface area contributed by atoms with Gasteiger partial charge >= 0.3 is 0 Å². The van der Waals surface area contributed by atoms with Crippen LogP contribution in [-0.2, 0) is 0 Å². The van der Waals surface area contributed by atoms with E-state index < -0.39 is 6.04 Å². The van der Waals surface area contributed by atoms with Gasteiger partial charge in [-0.05, 0) is 39.0 Å². The molecule has 0 aromatic heterocycles. The predicted molar refractivity (Wildman–Crippen MR) is 62.5 cm³/mol. The molecule has 90 valence electrons. The minimum atomic E-state index is -0.594. The van der Waals surface area contributed by atoms with Crippen LogP contribution in [0.3, 0.4) is 0 Å². The minimum Gasteiger partial charge on any atom is -0.508 e. The summed E-state index contributed by atoms with van der Waals surface area (Å²) in [5.41, 5.74) is 5.84. The number of hydrogen-bond donors (Lipinski definition) is 3. The van der Waals surface area contributed by atoms with Crippen molar-refractivity contribution >= 4 is 0 Å². The van der Waals surface area contributed by atoms with Crippen molar-refractivity contribution in [3.05, 3.63) is 23.8 Å². The molecule has 4 N–H and O–H groups in total. The number of phenolic OH excluding ortho intramolecular Hbond substituents is 1. The zero-order chi connectivity index (χ0) is 12.3. The molecule has 1 atom stereocenters. The highest BCUT2D eigenvalue weighted by atomic mass is 16.5. The Morgan fingerprint density at radius 2 is 2.00 bits per heavy atom. The molecule has 0 aliphatic carbocycles. The van der Waals surface area contributed by atoms with Crippen molar-refractivity contribution in [3.63, 3.8) is 0 Å². The van der Waals surface area contributed by atoms with Crippen LogP contribution in [0.15, 0.2) is 18.2 Å². The normalized spacial score (nSPS) is 13.6. The molecule has 1 aromatic rings. The minimum absolute atomic E-state index is 0.0720. The molecule has 0 amide bonds. The predicted octanol–water partition coefficient (Wildman–Crippen LogP) is 1.56. The number of ether oxygens (including phenoxy) is 1. The van der Waals surface area contributed by atoms with Crippen molar-refractivity contribution in [2.45, 2.75) is 32.4 Å². The van der Waals surface area contributed by atoms with E-state index in [1.54, 1.807) is 12.1 Å². The van der Waals surface area contributed by atoms with Gasteiger partial charge in [0.2, 0.25) is 0 Å². The number of aliphatic hydroxyl groups is 1. The Labute approximate surface area is 95.7 Å². The first-order chi connectivity index (χ1) is 7.33. The van der Waals surface area contributed by atoms with Gasteiger partial charge in [0.05, 0.1) is 12.6 Å². The van der Waals surface area contributed by atoms with E-state index in [-0.39, 0.29) is 18.0 Å². The zero-order valence-electron chi connectivity index (χ0n) is 9.90. The second-order valence-corrected chi connectivity index (χ2v) is 4.72. The summed E-state index contributed by atoms with van der Waals surface area (Å²) in [6.45, 7) is 5.59. The second kappa shape index (κ2) is 4.72. The average molecular weight is 225 g/mol. The van der Waals surface area contributed by atoms with Gasteiger partial charge in [-0.25, -0.2) is 0 Å². The van der Waals surface area contributed by atoms with Crippen LogP contribution >= 0.6 is 0 Å². The monoisotopic (exact) mass is 225 g/mol. The van der Waals surface area contributed by atoms with Crippen LogP contribution in [0, 0.1) is 0 Å². The largest absolute Gasteiger partial charge is 0.508 e. The van der Waals surface area contributed by atoms with Crippen molar-refractivity contribution in [2.75, 3.05) is 6.61 Å². The van der Waals surface area contributed by atoms with Gasteiger partial charge in [0, 0.05) is 5.56 Å². The molecule has 0 heterocycles. The second-order valence-electron chi connectivity index (χ2n) is 4.72. The molecule has 0 bridgehead atoms. The molecule has 1 aromatic carbocycles. The van der Waals surface area contributed by atoms with Crippen LogP contribution in [0.2, 0.25) is 0 Å². The highest BCUT2D eigenvalue weighted by Gasteiger charge is 2.15. The Hall–Kier alpha value is -1.26. The number of nitrogens with two attached hydrogens (primary N) is 1. The van der Waals surface area contributed by atoms with Crippen molar-refractivity contribution in [1.82, 2.24) is 0 Å². The van der Waals surface area contributed by atoms with Crippen LogP contribution in [0.25, 0.3) is 0 Å². The molecule has 0 saturated carbocycles. The topological polar surface area (TPSA) is 75.7 Å². The Morgan fingerprint density at radius 3 is 2.50 bits per heavy atom. The Kier molecular flexibility index (Phi) is 3.78. The van der Waals surface area contributed by atoms with Gasteiger partial charge in [0.1, 0.15) is 17.1 Å². The van der Waals surface area contributed by atoms with Gasteiger partial charge in [-0.3, -0.25) is 0 Å². The molecular weight excluding hydrogens is 206 g/mol. The maximum atomic E-state index is 9.59. The number of benzene rings is 1. The Bertz CT molecular complexity index is 358. The molecule has 4 nitrogen and oxygen atoms in total. The number of aliphatic hydroxyl groups excluding tert-OH is 1. The van der Waals surface area contributed by atoms with E-state index in [0.29, 0.717) is 11.3 Å². The summed E-state index contributed by atoms with van der Waals surface area (Å²) < 4.78 is 5.64. The van der Waals surface area contributed by atoms with Crippen LogP contribution in [0.5, 0.6) is 11.5 Å². The smallest absolute Gasteiger partial charge is 0.120 e. The number of rotatable bonds is 3. The third-order valence-electron chi connectivity index (χ3n) is 2.02. The van der Waals surface area contributed by atoms with Gasteiger partial charge in [-0.2, -0.15) is 0 Å². The van der Waals surface area contributed by atoms with E-state index in [1.165, 1.54) is 6.07 Å². The molecule has 0 aliphatic heterocycles. The molecule has 0 radical (unpaired) electrons. The summed E-state index contributed by atoms with van der Waals surface area (Å²) in [7, 11) is 0.